The monoisotopic (exact) mass is 480 g/mol. The zero-order valence-corrected chi connectivity index (χ0v) is 15.4. The van der Waals surface area contributed by atoms with Crippen LogP contribution < -0.4 is 0 Å². The average molecular weight is 480 g/mol. The Morgan fingerprint density at radius 2 is 1.42 bits per heavy atom. The smallest absolute Gasteiger partial charge is 0.372 e. The van der Waals surface area contributed by atoms with Gasteiger partial charge in [-0.3, -0.25) is 4.79 Å². The zero-order valence-electron chi connectivity index (χ0n) is 15.4. The van der Waals surface area contributed by atoms with Crippen LogP contribution >= 0.6 is 0 Å². The summed E-state index contributed by atoms with van der Waals surface area (Å²) < 4.78 is 163. The fourth-order valence-electron chi connectivity index (χ4n) is 3.53. The summed E-state index contributed by atoms with van der Waals surface area (Å²) in [6, 6.07) is 0. The number of alkyl halides is 12. The van der Waals surface area contributed by atoms with Crippen LogP contribution in [0.1, 0.15) is 25.7 Å². The molecular formula is C17H16F12O2. The van der Waals surface area contributed by atoms with Crippen molar-refractivity contribution in [2.75, 3.05) is 6.61 Å². The first-order valence-electron chi connectivity index (χ1n) is 8.85. The van der Waals surface area contributed by atoms with Gasteiger partial charge in [-0.1, -0.05) is 12.2 Å². The maximum atomic E-state index is 13.7. The topological polar surface area (TPSA) is 26.3 Å². The molecule has 31 heavy (non-hydrogen) atoms. The van der Waals surface area contributed by atoms with E-state index in [-0.39, 0.29) is 18.3 Å². The lowest BCUT2D eigenvalue weighted by molar-refractivity contribution is -0.341. The van der Waals surface area contributed by atoms with Gasteiger partial charge in [0.1, 0.15) is 0 Å². The predicted molar refractivity (Wildman–Crippen MR) is 79.8 cm³/mol. The number of allylic oxidation sites excluding steroid dienone is 2. The van der Waals surface area contributed by atoms with Crippen molar-refractivity contribution in [1.82, 2.24) is 0 Å². The molecule has 1 saturated carbocycles. The van der Waals surface area contributed by atoms with E-state index in [1.54, 1.807) is 12.2 Å². The highest BCUT2D eigenvalue weighted by Crippen LogP contribution is 2.54. The number of halogens is 12. The molecule has 180 valence electrons. The van der Waals surface area contributed by atoms with Gasteiger partial charge in [0.05, 0.1) is 18.8 Å². The summed E-state index contributed by atoms with van der Waals surface area (Å²) in [4.78, 5) is 11.8. The Kier molecular flexibility index (Phi) is 6.66. The Labute approximate surface area is 167 Å². The zero-order chi connectivity index (χ0) is 24.0. The third-order valence-electron chi connectivity index (χ3n) is 5.29. The Hall–Kier alpha value is -1.63. The first-order valence-corrected chi connectivity index (χ1v) is 8.85. The summed E-state index contributed by atoms with van der Waals surface area (Å²) in [7, 11) is 0. The predicted octanol–water partition coefficient (Wildman–Crippen LogP) is 5.96. The molecule has 1 fully saturated rings. The second-order valence-corrected chi connectivity index (χ2v) is 7.66. The molecule has 0 saturated heterocycles. The molecule has 2 bridgehead atoms. The van der Waals surface area contributed by atoms with Crippen LogP contribution in [0.15, 0.2) is 12.2 Å². The van der Waals surface area contributed by atoms with Crippen LogP contribution in [0.25, 0.3) is 0 Å². The Bertz CT molecular complexity index is 703. The largest absolute Gasteiger partial charge is 0.459 e. The van der Waals surface area contributed by atoms with Crippen molar-refractivity contribution in [2.24, 2.45) is 17.8 Å². The summed E-state index contributed by atoms with van der Waals surface area (Å²) in [6.07, 6.45) is -7.08. The van der Waals surface area contributed by atoms with Crippen molar-refractivity contribution in [3.8, 4) is 0 Å². The molecule has 0 aliphatic heterocycles. The van der Waals surface area contributed by atoms with Crippen LogP contribution in [0.5, 0.6) is 0 Å². The molecule has 0 N–H and O–H groups in total. The van der Waals surface area contributed by atoms with Crippen LogP contribution in [-0.2, 0) is 9.53 Å². The molecule has 2 aliphatic carbocycles. The van der Waals surface area contributed by atoms with Crippen molar-refractivity contribution in [3.63, 3.8) is 0 Å². The van der Waals surface area contributed by atoms with E-state index in [0.29, 0.717) is 6.42 Å². The summed E-state index contributed by atoms with van der Waals surface area (Å²) in [5.41, 5.74) is 0. The van der Waals surface area contributed by atoms with Gasteiger partial charge in [-0.25, -0.2) is 8.78 Å². The van der Waals surface area contributed by atoms with E-state index in [1.165, 1.54) is 0 Å². The molecule has 2 aliphatic rings. The maximum absolute atomic E-state index is 13.7. The fourth-order valence-corrected chi connectivity index (χ4v) is 3.53. The van der Waals surface area contributed by atoms with Crippen molar-refractivity contribution in [1.29, 1.82) is 0 Å². The van der Waals surface area contributed by atoms with Crippen LogP contribution in [0, 0.1) is 17.8 Å². The molecule has 0 spiro atoms. The van der Waals surface area contributed by atoms with Crippen molar-refractivity contribution >= 4 is 5.97 Å². The Balaban J connectivity index is 2.07. The average Bonchev–Trinajstić information content (AvgIpc) is 3.20. The first-order chi connectivity index (χ1) is 13.8. The highest BCUT2D eigenvalue weighted by atomic mass is 19.4. The lowest BCUT2D eigenvalue weighted by Gasteiger charge is -2.36. The SMILES string of the molecule is O=C(OCC(F)(F)C(F)(F)CC(F)(F)C(F)(F)C(F)(F)CC(F)F)C1CC2C=CC1C2. The number of fused-ring (bicyclic) bond motifs is 2. The van der Waals surface area contributed by atoms with Crippen molar-refractivity contribution < 1.29 is 62.2 Å². The van der Waals surface area contributed by atoms with Crippen molar-refractivity contribution in [3.05, 3.63) is 12.2 Å². The van der Waals surface area contributed by atoms with Gasteiger partial charge in [-0.15, -0.1) is 0 Å². The normalized spacial score (nSPS) is 24.9. The van der Waals surface area contributed by atoms with Gasteiger partial charge in [0.25, 0.3) is 0 Å². The van der Waals surface area contributed by atoms with E-state index < -0.39 is 67.4 Å². The third kappa shape index (κ3) is 4.91. The van der Waals surface area contributed by atoms with Gasteiger partial charge in [0.2, 0.25) is 6.43 Å². The number of ether oxygens (including phenoxy) is 1. The number of rotatable bonds is 10. The summed E-state index contributed by atoms with van der Waals surface area (Å²) >= 11 is 0. The van der Waals surface area contributed by atoms with Gasteiger partial charge < -0.3 is 4.74 Å². The maximum Gasteiger partial charge on any atom is 0.372 e. The highest BCUT2D eigenvalue weighted by molar-refractivity contribution is 5.74. The van der Waals surface area contributed by atoms with E-state index in [1.807, 2.05) is 0 Å². The molecule has 2 rings (SSSR count). The number of carbonyl (C=O) groups is 1. The molecule has 0 aromatic rings. The van der Waals surface area contributed by atoms with Crippen LogP contribution in [0.3, 0.4) is 0 Å². The van der Waals surface area contributed by atoms with Gasteiger partial charge >= 0.3 is 35.6 Å². The lowest BCUT2D eigenvalue weighted by Crippen LogP contribution is -2.59. The quantitative estimate of drug-likeness (QED) is 0.219. The van der Waals surface area contributed by atoms with Crippen LogP contribution in [0.4, 0.5) is 52.7 Å². The number of hydrogen-bond donors (Lipinski definition) is 0. The fraction of sp³-hybridized carbons (Fsp3) is 0.824. The molecule has 0 radical (unpaired) electrons. The molecule has 3 atom stereocenters. The van der Waals surface area contributed by atoms with Gasteiger partial charge in [-0.05, 0) is 24.7 Å². The van der Waals surface area contributed by atoms with Gasteiger partial charge in [0, 0.05) is 0 Å². The van der Waals surface area contributed by atoms with E-state index in [4.69, 9.17) is 0 Å². The van der Waals surface area contributed by atoms with Crippen LogP contribution in [-0.4, -0.2) is 48.6 Å². The lowest BCUT2D eigenvalue weighted by atomic mass is 9.93. The molecule has 0 heterocycles. The second-order valence-electron chi connectivity index (χ2n) is 7.66. The van der Waals surface area contributed by atoms with Crippen LogP contribution in [0.2, 0.25) is 0 Å². The summed E-state index contributed by atoms with van der Waals surface area (Å²) in [6.45, 7) is -2.47. The Morgan fingerprint density at radius 1 is 0.839 bits per heavy atom. The van der Waals surface area contributed by atoms with Crippen molar-refractivity contribution in [2.45, 2.75) is 61.7 Å². The minimum Gasteiger partial charge on any atom is -0.459 e. The summed E-state index contributed by atoms with van der Waals surface area (Å²) in [5.74, 6) is -33.8. The second kappa shape index (κ2) is 8.05. The van der Waals surface area contributed by atoms with E-state index in [2.05, 4.69) is 4.74 Å². The van der Waals surface area contributed by atoms with Gasteiger partial charge in [0.15, 0.2) is 6.61 Å². The Morgan fingerprint density at radius 3 is 1.87 bits per heavy atom. The number of carbonyl (C=O) groups excluding carboxylic acids is 1. The standard InChI is InChI=1S/C17H16F12O2/c18-11(19)5-13(20,21)17(28,29)15(24,25)6-14(22,23)16(26,27)7-31-12(30)10-4-8-1-2-9(10)3-8/h1-2,8-11H,3-7H2. The van der Waals surface area contributed by atoms with E-state index in [9.17, 15) is 57.5 Å². The van der Waals surface area contributed by atoms with E-state index >= 15 is 0 Å². The molecule has 14 heteroatoms. The number of esters is 1. The molecular weight excluding hydrogens is 464 g/mol. The molecule has 0 aromatic carbocycles. The molecule has 3 unspecified atom stereocenters. The van der Waals surface area contributed by atoms with Gasteiger partial charge in [-0.2, -0.15) is 43.9 Å². The minimum atomic E-state index is -6.79. The first kappa shape index (κ1) is 25.6. The summed E-state index contributed by atoms with van der Waals surface area (Å²) in [5, 5.41) is 0. The minimum absolute atomic E-state index is 0.0414. The highest BCUT2D eigenvalue weighted by Gasteiger charge is 2.75. The molecule has 0 amide bonds. The molecule has 0 aromatic heterocycles. The number of hydrogen-bond acceptors (Lipinski definition) is 2. The third-order valence-corrected chi connectivity index (χ3v) is 5.29. The van der Waals surface area contributed by atoms with E-state index in [0.717, 1.165) is 0 Å². The molecule has 2 nitrogen and oxygen atoms in total.